The molecule has 92 valence electrons. The number of rotatable bonds is 3. The van der Waals surface area contributed by atoms with Crippen LogP contribution in [0.3, 0.4) is 0 Å². The lowest BCUT2D eigenvalue weighted by molar-refractivity contribution is -0.157. The van der Waals surface area contributed by atoms with Crippen LogP contribution in [0.2, 0.25) is 0 Å². The van der Waals surface area contributed by atoms with Crippen LogP contribution >= 0.6 is 0 Å². The summed E-state index contributed by atoms with van der Waals surface area (Å²) in [5.74, 6) is 2.24. The third-order valence-electron chi connectivity index (χ3n) is 4.14. The fourth-order valence-electron chi connectivity index (χ4n) is 2.81. The lowest BCUT2D eigenvalue weighted by Crippen LogP contribution is -2.36. The monoisotopic (exact) mass is 224 g/mol. The molecule has 0 aromatic carbocycles. The van der Waals surface area contributed by atoms with Gasteiger partial charge in [-0.25, -0.2) is 0 Å². The second-order valence-corrected chi connectivity index (χ2v) is 6.08. The van der Waals surface area contributed by atoms with Gasteiger partial charge in [-0.05, 0) is 43.4 Å². The van der Waals surface area contributed by atoms with Crippen LogP contribution in [0.15, 0.2) is 0 Å². The molecule has 0 radical (unpaired) electrons. The van der Waals surface area contributed by atoms with Crippen molar-refractivity contribution in [3.63, 3.8) is 0 Å². The van der Waals surface area contributed by atoms with Gasteiger partial charge in [0.2, 0.25) is 0 Å². The normalized spacial score (nSPS) is 35.1. The first-order valence-electron chi connectivity index (χ1n) is 6.78. The Morgan fingerprint density at radius 3 is 2.44 bits per heavy atom. The Labute approximate surface area is 98.7 Å². The standard InChI is InChI=1S/C14H24O2/c1-9(2)12-7-4-10(3)8-13(12)16-14(15)11-5-6-11/h9-13H,4-8H2,1-3H3/t10-,12+,13-/m0/s1. The SMILES string of the molecule is CC(C)[C@H]1CC[C@H](C)C[C@@H]1OC(=O)C1CC1. The Hall–Kier alpha value is -0.530. The van der Waals surface area contributed by atoms with Crippen molar-refractivity contribution >= 4 is 5.97 Å². The predicted octanol–water partition coefficient (Wildman–Crippen LogP) is 3.40. The van der Waals surface area contributed by atoms with E-state index < -0.39 is 0 Å². The van der Waals surface area contributed by atoms with Crippen molar-refractivity contribution in [3.8, 4) is 0 Å². The minimum Gasteiger partial charge on any atom is -0.462 e. The van der Waals surface area contributed by atoms with Crippen molar-refractivity contribution in [1.82, 2.24) is 0 Å². The van der Waals surface area contributed by atoms with Crippen molar-refractivity contribution in [3.05, 3.63) is 0 Å². The highest BCUT2D eigenvalue weighted by Crippen LogP contribution is 2.37. The Morgan fingerprint density at radius 1 is 1.19 bits per heavy atom. The Bertz CT molecular complexity index is 255. The van der Waals surface area contributed by atoms with E-state index in [9.17, 15) is 4.79 Å². The molecule has 2 fully saturated rings. The van der Waals surface area contributed by atoms with Crippen molar-refractivity contribution in [2.45, 2.75) is 59.0 Å². The zero-order chi connectivity index (χ0) is 11.7. The van der Waals surface area contributed by atoms with Crippen LogP contribution in [-0.2, 0) is 9.53 Å². The molecule has 0 spiro atoms. The summed E-state index contributed by atoms with van der Waals surface area (Å²) in [7, 11) is 0. The highest BCUT2D eigenvalue weighted by molar-refractivity contribution is 5.75. The van der Waals surface area contributed by atoms with E-state index in [2.05, 4.69) is 20.8 Å². The van der Waals surface area contributed by atoms with E-state index >= 15 is 0 Å². The van der Waals surface area contributed by atoms with Gasteiger partial charge in [0.25, 0.3) is 0 Å². The van der Waals surface area contributed by atoms with Gasteiger partial charge < -0.3 is 4.74 Å². The smallest absolute Gasteiger partial charge is 0.309 e. The van der Waals surface area contributed by atoms with Crippen LogP contribution in [0.1, 0.15) is 52.9 Å². The number of carbonyl (C=O) groups excluding carboxylic acids is 1. The van der Waals surface area contributed by atoms with Gasteiger partial charge >= 0.3 is 5.97 Å². The lowest BCUT2D eigenvalue weighted by atomic mass is 9.75. The van der Waals surface area contributed by atoms with Crippen LogP contribution in [0.5, 0.6) is 0 Å². The minimum absolute atomic E-state index is 0.0738. The summed E-state index contributed by atoms with van der Waals surface area (Å²) in [6.45, 7) is 6.77. The zero-order valence-corrected chi connectivity index (χ0v) is 10.7. The molecular formula is C14H24O2. The average molecular weight is 224 g/mol. The summed E-state index contributed by atoms with van der Waals surface area (Å²) in [6.07, 6.45) is 5.88. The summed E-state index contributed by atoms with van der Waals surface area (Å²) in [5.41, 5.74) is 0. The molecule has 2 aliphatic carbocycles. The molecule has 0 aromatic rings. The van der Waals surface area contributed by atoms with Gasteiger partial charge in [-0.15, -0.1) is 0 Å². The van der Waals surface area contributed by atoms with Gasteiger partial charge in [-0.3, -0.25) is 4.79 Å². The minimum atomic E-state index is 0.0738. The van der Waals surface area contributed by atoms with Crippen molar-refractivity contribution < 1.29 is 9.53 Å². The summed E-state index contributed by atoms with van der Waals surface area (Å²) in [6, 6.07) is 0. The predicted molar refractivity (Wildman–Crippen MR) is 63.9 cm³/mol. The van der Waals surface area contributed by atoms with Gasteiger partial charge in [0, 0.05) is 0 Å². The number of esters is 1. The molecule has 0 heterocycles. The van der Waals surface area contributed by atoms with Gasteiger partial charge in [0.15, 0.2) is 0 Å². The Morgan fingerprint density at radius 2 is 1.88 bits per heavy atom. The number of hydrogen-bond acceptors (Lipinski definition) is 2. The van der Waals surface area contributed by atoms with Gasteiger partial charge in [0.05, 0.1) is 5.92 Å². The van der Waals surface area contributed by atoms with Gasteiger partial charge in [-0.1, -0.05) is 27.2 Å². The van der Waals surface area contributed by atoms with E-state index in [-0.39, 0.29) is 18.0 Å². The zero-order valence-electron chi connectivity index (χ0n) is 10.7. The molecule has 16 heavy (non-hydrogen) atoms. The van der Waals surface area contributed by atoms with Crippen LogP contribution < -0.4 is 0 Å². The highest BCUT2D eigenvalue weighted by Gasteiger charge is 2.37. The first-order chi connectivity index (χ1) is 7.58. The molecule has 2 saturated carbocycles. The summed E-state index contributed by atoms with van der Waals surface area (Å²) in [4.78, 5) is 11.7. The maximum Gasteiger partial charge on any atom is 0.309 e. The molecule has 2 heteroatoms. The third kappa shape index (κ3) is 2.78. The molecule has 2 aliphatic rings. The second kappa shape index (κ2) is 4.77. The van der Waals surface area contributed by atoms with Crippen LogP contribution in [-0.4, -0.2) is 12.1 Å². The molecule has 0 amide bonds. The fourth-order valence-corrected chi connectivity index (χ4v) is 2.81. The molecule has 3 atom stereocenters. The molecule has 0 bridgehead atoms. The maximum atomic E-state index is 11.7. The molecule has 0 aliphatic heterocycles. The molecule has 2 rings (SSSR count). The topological polar surface area (TPSA) is 26.3 Å². The maximum absolute atomic E-state index is 11.7. The van der Waals surface area contributed by atoms with Crippen LogP contribution in [0, 0.1) is 23.7 Å². The molecule has 2 nitrogen and oxygen atoms in total. The third-order valence-corrected chi connectivity index (χ3v) is 4.14. The van der Waals surface area contributed by atoms with E-state index in [1.54, 1.807) is 0 Å². The van der Waals surface area contributed by atoms with E-state index in [0.717, 1.165) is 19.3 Å². The van der Waals surface area contributed by atoms with Crippen molar-refractivity contribution in [1.29, 1.82) is 0 Å². The van der Waals surface area contributed by atoms with E-state index in [4.69, 9.17) is 4.74 Å². The number of ether oxygens (including phenoxy) is 1. The highest BCUT2D eigenvalue weighted by atomic mass is 16.5. The van der Waals surface area contributed by atoms with Gasteiger partial charge in [-0.2, -0.15) is 0 Å². The average Bonchev–Trinajstić information content (AvgIpc) is 2.99. The van der Waals surface area contributed by atoms with Crippen molar-refractivity contribution in [2.24, 2.45) is 23.7 Å². The first-order valence-corrected chi connectivity index (χ1v) is 6.78. The summed E-state index contributed by atoms with van der Waals surface area (Å²) < 4.78 is 5.72. The quantitative estimate of drug-likeness (QED) is 0.687. The molecule has 0 unspecified atom stereocenters. The van der Waals surface area contributed by atoms with E-state index in [1.807, 2.05) is 0 Å². The van der Waals surface area contributed by atoms with Crippen molar-refractivity contribution in [2.75, 3.05) is 0 Å². The van der Waals surface area contributed by atoms with Crippen LogP contribution in [0.25, 0.3) is 0 Å². The van der Waals surface area contributed by atoms with Gasteiger partial charge in [0.1, 0.15) is 6.10 Å². The largest absolute Gasteiger partial charge is 0.462 e. The molecule has 0 saturated heterocycles. The molecular weight excluding hydrogens is 200 g/mol. The summed E-state index contributed by atoms with van der Waals surface area (Å²) in [5, 5.41) is 0. The molecule has 0 N–H and O–H groups in total. The Balaban J connectivity index is 1.93. The Kier molecular flexibility index (Phi) is 3.56. The number of hydrogen-bond donors (Lipinski definition) is 0. The number of carbonyl (C=O) groups is 1. The van der Waals surface area contributed by atoms with Crippen LogP contribution in [0.4, 0.5) is 0 Å². The fraction of sp³-hybridized carbons (Fsp3) is 0.929. The summed E-state index contributed by atoms with van der Waals surface area (Å²) >= 11 is 0. The first kappa shape index (κ1) is 11.9. The lowest BCUT2D eigenvalue weighted by Gasteiger charge is -2.36. The molecule has 0 aromatic heterocycles. The van der Waals surface area contributed by atoms with E-state index in [0.29, 0.717) is 17.8 Å². The second-order valence-electron chi connectivity index (χ2n) is 6.08. The van der Waals surface area contributed by atoms with E-state index in [1.165, 1.54) is 12.8 Å².